The number of carbonyl (C=O) groups excluding carboxylic acids is 3. The van der Waals surface area contributed by atoms with Crippen LogP contribution in [0.4, 0.5) is 4.79 Å². The molecule has 1 heterocycles. The van der Waals surface area contributed by atoms with Gasteiger partial charge in [-0.05, 0) is 25.2 Å². The quantitative estimate of drug-likeness (QED) is 0.724. The zero-order valence-electron chi connectivity index (χ0n) is 9.58. The average Bonchev–Trinajstić information content (AvgIpc) is 2.95. The molecule has 0 atom stereocenters. The second-order valence-corrected chi connectivity index (χ2v) is 4.98. The van der Waals surface area contributed by atoms with Gasteiger partial charge in [-0.25, -0.2) is 4.79 Å². The van der Waals surface area contributed by atoms with Crippen LogP contribution in [0.5, 0.6) is 0 Å². The molecule has 2 fully saturated rings. The zero-order valence-corrected chi connectivity index (χ0v) is 9.58. The van der Waals surface area contributed by atoms with Gasteiger partial charge in [0.15, 0.2) is 0 Å². The molecule has 0 bridgehead atoms. The molecule has 5 heteroatoms. The minimum Gasteiger partial charge on any atom is -0.277 e. The Hall–Kier alpha value is -1.39. The highest BCUT2D eigenvalue weighted by molar-refractivity contribution is 6.20. The number of urea groups is 1. The van der Waals surface area contributed by atoms with Gasteiger partial charge in [-0.15, -0.1) is 0 Å². The Labute approximate surface area is 94.2 Å². The van der Waals surface area contributed by atoms with Gasteiger partial charge in [0, 0.05) is 6.54 Å². The Morgan fingerprint density at radius 3 is 2.44 bits per heavy atom. The van der Waals surface area contributed by atoms with Crippen LogP contribution >= 0.6 is 0 Å². The Bertz CT molecular complexity index is 358. The van der Waals surface area contributed by atoms with Crippen molar-refractivity contribution in [3.05, 3.63) is 0 Å². The first-order valence-corrected chi connectivity index (χ1v) is 5.65. The van der Waals surface area contributed by atoms with Crippen LogP contribution in [0.1, 0.15) is 33.1 Å². The molecule has 1 saturated carbocycles. The second-order valence-electron chi connectivity index (χ2n) is 4.98. The fraction of sp³-hybridized carbons (Fsp3) is 0.727. The Balaban J connectivity index is 2.09. The number of amides is 4. The van der Waals surface area contributed by atoms with E-state index in [1.807, 2.05) is 13.8 Å². The third-order valence-corrected chi connectivity index (χ3v) is 3.23. The molecular weight excluding hydrogens is 208 g/mol. The summed E-state index contributed by atoms with van der Waals surface area (Å²) >= 11 is 0. The van der Waals surface area contributed by atoms with Crippen LogP contribution in [0.3, 0.4) is 0 Å². The number of carbonyl (C=O) groups is 3. The number of rotatable bonds is 3. The van der Waals surface area contributed by atoms with Crippen molar-refractivity contribution in [2.45, 2.75) is 33.1 Å². The number of hydrogen-bond acceptors (Lipinski definition) is 3. The second kappa shape index (κ2) is 3.57. The van der Waals surface area contributed by atoms with Crippen LogP contribution in [-0.2, 0) is 9.59 Å². The summed E-state index contributed by atoms with van der Waals surface area (Å²) in [6.45, 7) is 4.46. The summed E-state index contributed by atoms with van der Waals surface area (Å²) < 4.78 is 0. The van der Waals surface area contributed by atoms with E-state index >= 15 is 0 Å². The normalized spacial score (nSPS) is 22.9. The lowest BCUT2D eigenvalue weighted by Crippen LogP contribution is -2.59. The van der Waals surface area contributed by atoms with Gasteiger partial charge in [-0.3, -0.25) is 19.8 Å². The highest BCUT2D eigenvalue weighted by Crippen LogP contribution is 2.48. The molecule has 0 aromatic carbocycles. The summed E-state index contributed by atoms with van der Waals surface area (Å²) in [5.41, 5.74) is -0.898. The highest BCUT2D eigenvalue weighted by Gasteiger charge is 2.61. The van der Waals surface area contributed by atoms with E-state index in [4.69, 9.17) is 0 Å². The molecule has 0 aromatic rings. The van der Waals surface area contributed by atoms with E-state index in [9.17, 15) is 14.4 Å². The predicted molar refractivity (Wildman–Crippen MR) is 56.4 cm³/mol. The van der Waals surface area contributed by atoms with Crippen LogP contribution in [0.2, 0.25) is 0 Å². The molecular formula is C11H16N2O3. The lowest BCUT2D eigenvalue weighted by molar-refractivity contribution is -0.144. The standard InChI is InChI=1S/C11H16N2O3/c1-7(2)3-6-13-9(15)11(4-5-11)8(14)12-10(13)16/h7H,3-6H2,1-2H3,(H,12,14,16). The minimum atomic E-state index is -0.898. The Morgan fingerprint density at radius 2 is 1.94 bits per heavy atom. The van der Waals surface area contributed by atoms with Crippen molar-refractivity contribution >= 4 is 17.8 Å². The smallest absolute Gasteiger partial charge is 0.277 e. The van der Waals surface area contributed by atoms with Gasteiger partial charge < -0.3 is 0 Å². The van der Waals surface area contributed by atoms with E-state index in [0.717, 1.165) is 6.42 Å². The summed E-state index contributed by atoms with van der Waals surface area (Å²) in [6.07, 6.45) is 1.91. The largest absolute Gasteiger partial charge is 0.330 e. The fourth-order valence-corrected chi connectivity index (χ4v) is 1.89. The molecule has 1 aliphatic carbocycles. The molecule has 1 aliphatic heterocycles. The maximum atomic E-state index is 12.0. The maximum Gasteiger partial charge on any atom is 0.330 e. The summed E-state index contributed by atoms with van der Waals surface area (Å²) in [4.78, 5) is 36.2. The molecule has 88 valence electrons. The Kier molecular flexibility index (Phi) is 2.48. The molecule has 0 unspecified atom stereocenters. The van der Waals surface area contributed by atoms with Crippen LogP contribution in [-0.4, -0.2) is 29.3 Å². The maximum absolute atomic E-state index is 12.0. The van der Waals surface area contributed by atoms with E-state index in [2.05, 4.69) is 5.32 Å². The highest BCUT2D eigenvalue weighted by atomic mass is 16.2. The molecule has 5 nitrogen and oxygen atoms in total. The zero-order chi connectivity index (χ0) is 11.9. The molecule has 2 aliphatic rings. The first kappa shape index (κ1) is 11.1. The molecule has 0 radical (unpaired) electrons. The van der Waals surface area contributed by atoms with Crippen molar-refractivity contribution < 1.29 is 14.4 Å². The van der Waals surface area contributed by atoms with Gasteiger partial charge >= 0.3 is 6.03 Å². The first-order chi connectivity index (χ1) is 7.47. The molecule has 0 aromatic heterocycles. The van der Waals surface area contributed by atoms with Crippen LogP contribution in [0, 0.1) is 11.3 Å². The van der Waals surface area contributed by atoms with Gasteiger partial charge in [-0.1, -0.05) is 13.8 Å². The van der Waals surface area contributed by atoms with E-state index < -0.39 is 17.4 Å². The monoisotopic (exact) mass is 224 g/mol. The third kappa shape index (κ3) is 1.60. The van der Waals surface area contributed by atoms with Crippen molar-refractivity contribution in [2.24, 2.45) is 11.3 Å². The Morgan fingerprint density at radius 1 is 1.31 bits per heavy atom. The van der Waals surface area contributed by atoms with Crippen molar-refractivity contribution in [3.63, 3.8) is 0 Å². The lowest BCUT2D eigenvalue weighted by Gasteiger charge is -2.30. The summed E-state index contributed by atoms with van der Waals surface area (Å²) in [5, 5.41) is 2.26. The number of imide groups is 2. The van der Waals surface area contributed by atoms with Crippen LogP contribution in [0.15, 0.2) is 0 Å². The van der Waals surface area contributed by atoms with E-state index in [1.54, 1.807) is 0 Å². The lowest BCUT2D eigenvalue weighted by atomic mass is 10.0. The predicted octanol–water partition coefficient (Wildman–Crippen LogP) is 0.891. The van der Waals surface area contributed by atoms with Crippen LogP contribution < -0.4 is 5.32 Å². The fourth-order valence-electron chi connectivity index (χ4n) is 1.89. The van der Waals surface area contributed by atoms with Crippen molar-refractivity contribution in [3.8, 4) is 0 Å². The number of nitrogens with zero attached hydrogens (tertiary/aromatic N) is 1. The molecule has 1 saturated heterocycles. The van der Waals surface area contributed by atoms with Crippen molar-refractivity contribution in [1.29, 1.82) is 0 Å². The molecule has 2 rings (SSSR count). The minimum absolute atomic E-state index is 0.304. The van der Waals surface area contributed by atoms with E-state index in [0.29, 0.717) is 25.3 Å². The van der Waals surface area contributed by atoms with E-state index in [-0.39, 0.29) is 5.91 Å². The first-order valence-electron chi connectivity index (χ1n) is 5.65. The summed E-state index contributed by atoms with van der Waals surface area (Å²) in [5.74, 6) is -0.293. The van der Waals surface area contributed by atoms with Gasteiger partial charge in [-0.2, -0.15) is 0 Å². The molecule has 1 spiro atoms. The number of hydrogen-bond donors (Lipinski definition) is 1. The van der Waals surface area contributed by atoms with Crippen LogP contribution in [0.25, 0.3) is 0 Å². The summed E-state index contributed by atoms with van der Waals surface area (Å²) in [6, 6.07) is -0.562. The van der Waals surface area contributed by atoms with E-state index in [1.165, 1.54) is 4.90 Å². The molecule has 4 amide bonds. The summed E-state index contributed by atoms with van der Waals surface area (Å²) in [7, 11) is 0. The van der Waals surface area contributed by atoms with Gasteiger partial charge in [0.05, 0.1) is 0 Å². The molecule has 1 N–H and O–H groups in total. The van der Waals surface area contributed by atoms with Gasteiger partial charge in [0.2, 0.25) is 11.8 Å². The van der Waals surface area contributed by atoms with Crippen molar-refractivity contribution in [1.82, 2.24) is 10.2 Å². The van der Waals surface area contributed by atoms with Crippen molar-refractivity contribution in [2.75, 3.05) is 6.54 Å². The van der Waals surface area contributed by atoms with Gasteiger partial charge in [0.25, 0.3) is 0 Å². The third-order valence-electron chi connectivity index (χ3n) is 3.23. The number of nitrogens with one attached hydrogen (secondary N) is 1. The average molecular weight is 224 g/mol. The van der Waals surface area contributed by atoms with Gasteiger partial charge in [0.1, 0.15) is 5.41 Å². The number of barbiturate groups is 1. The SMILES string of the molecule is CC(C)CCN1C(=O)NC(=O)C2(CC2)C1=O. The molecule has 16 heavy (non-hydrogen) atoms. The topological polar surface area (TPSA) is 66.5 Å².